The summed E-state index contributed by atoms with van der Waals surface area (Å²) in [4.78, 5) is 38.1. The number of aromatic amines is 1. The maximum absolute atomic E-state index is 13.0. The first kappa shape index (κ1) is 27.8. The second-order valence-electron chi connectivity index (χ2n) is 8.14. The van der Waals surface area contributed by atoms with Gasteiger partial charge < -0.3 is 14.8 Å². The molecule has 0 spiro atoms. The normalized spacial score (nSPS) is 11.4. The largest absolute Gasteiger partial charge is 0.490 e. The van der Waals surface area contributed by atoms with E-state index in [-0.39, 0.29) is 12.3 Å². The Hall–Kier alpha value is -4.27. The third-order valence-electron chi connectivity index (χ3n) is 5.39. The Morgan fingerprint density at radius 1 is 1.13 bits per heavy atom. The van der Waals surface area contributed by atoms with Crippen LogP contribution in [0.2, 0.25) is 0 Å². The van der Waals surface area contributed by atoms with E-state index in [0.29, 0.717) is 39.7 Å². The summed E-state index contributed by atoms with van der Waals surface area (Å²) in [5, 5.41) is 11.5. The molecule has 0 aliphatic heterocycles. The molecule has 204 valence electrons. The molecule has 5 aromatic rings. The van der Waals surface area contributed by atoms with Gasteiger partial charge in [-0.05, 0) is 51.7 Å². The van der Waals surface area contributed by atoms with E-state index in [4.69, 9.17) is 14.6 Å². The average molecular weight is 608 g/mol. The number of halogens is 4. The van der Waals surface area contributed by atoms with Crippen LogP contribution >= 0.6 is 15.9 Å². The maximum Gasteiger partial charge on any atom is 0.490 e. The lowest BCUT2D eigenvalue weighted by molar-refractivity contribution is -0.192. The van der Waals surface area contributed by atoms with Crippen molar-refractivity contribution in [1.29, 1.82) is 0 Å². The van der Waals surface area contributed by atoms with Crippen molar-refractivity contribution in [2.45, 2.75) is 39.1 Å². The quantitative estimate of drug-likeness (QED) is 0.256. The maximum atomic E-state index is 13.0. The van der Waals surface area contributed by atoms with Crippen LogP contribution < -0.4 is 10.4 Å². The lowest BCUT2D eigenvalue weighted by Crippen LogP contribution is -2.28. The molecule has 0 saturated heterocycles. The summed E-state index contributed by atoms with van der Waals surface area (Å²) in [6.45, 7) is 2.78. The highest BCUT2D eigenvalue weighted by atomic mass is 79.9. The van der Waals surface area contributed by atoms with Crippen molar-refractivity contribution in [1.82, 2.24) is 34.1 Å². The molecule has 0 atom stereocenters. The van der Waals surface area contributed by atoms with E-state index in [0.717, 1.165) is 24.0 Å². The molecule has 15 heteroatoms. The Kier molecular flexibility index (Phi) is 8.28. The minimum Gasteiger partial charge on any atom is -0.486 e. The first-order valence-electron chi connectivity index (χ1n) is 11.6. The summed E-state index contributed by atoms with van der Waals surface area (Å²) in [5.41, 5.74) is 3.48. The lowest BCUT2D eigenvalue weighted by atomic mass is 10.1. The van der Waals surface area contributed by atoms with Gasteiger partial charge in [-0.3, -0.25) is 9.55 Å². The number of aromatic nitrogens is 7. The number of carbonyl (C=O) groups is 1. The molecular weight excluding hydrogens is 587 g/mol. The summed E-state index contributed by atoms with van der Waals surface area (Å²) in [7, 11) is 0. The van der Waals surface area contributed by atoms with Crippen molar-refractivity contribution < 1.29 is 27.8 Å². The highest BCUT2D eigenvalue weighted by molar-refractivity contribution is 9.10. The highest BCUT2D eigenvalue weighted by Crippen LogP contribution is 2.22. The molecule has 5 rings (SSSR count). The molecule has 1 aromatic carbocycles. The van der Waals surface area contributed by atoms with Crippen molar-refractivity contribution in [3.8, 4) is 16.9 Å². The Morgan fingerprint density at radius 2 is 1.85 bits per heavy atom. The molecule has 2 N–H and O–H groups in total. The number of aliphatic carboxylic acids is 1. The number of rotatable bonds is 7. The molecule has 0 aliphatic carbocycles. The van der Waals surface area contributed by atoms with Crippen LogP contribution in [0.1, 0.15) is 25.6 Å². The van der Waals surface area contributed by atoms with Crippen LogP contribution in [0.3, 0.4) is 0 Å². The molecule has 4 heterocycles. The molecule has 11 nitrogen and oxygen atoms in total. The molecule has 0 fully saturated rings. The predicted molar refractivity (Wildman–Crippen MR) is 137 cm³/mol. The van der Waals surface area contributed by atoms with Gasteiger partial charge in [0.05, 0.1) is 0 Å². The Bertz CT molecular complexity index is 1650. The number of hydrogen-bond donors (Lipinski definition) is 2. The fraction of sp³-hybridized carbons (Fsp3) is 0.250. The monoisotopic (exact) mass is 607 g/mol. The van der Waals surface area contributed by atoms with E-state index in [1.807, 2.05) is 42.6 Å². The topological polar surface area (TPSA) is 140 Å². The third kappa shape index (κ3) is 6.42. The van der Waals surface area contributed by atoms with Crippen LogP contribution in [0.5, 0.6) is 5.75 Å². The van der Waals surface area contributed by atoms with E-state index < -0.39 is 12.1 Å². The number of unbranched alkanes of at least 4 members (excludes halogenated alkanes) is 1. The van der Waals surface area contributed by atoms with Crippen molar-refractivity contribution in [2.24, 2.45) is 0 Å². The van der Waals surface area contributed by atoms with Gasteiger partial charge in [0.15, 0.2) is 21.9 Å². The molecule has 0 aliphatic rings. The Labute approximate surface area is 226 Å². The Balaban J connectivity index is 0.000000448. The van der Waals surface area contributed by atoms with E-state index >= 15 is 0 Å². The van der Waals surface area contributed by atoms with Crippen LogP contribution in [-0.4, -0.2) is 51.4 Å². The minimum absolute atomic E-state index is 0.138. The number of ether oxygens (including phenoxy) is 1. The molecular formula is C24H21BrF3N7O4. The van der Waals surface area contributed by atoms with E-state index in [9.17, 15) is 18.0 Å². The SMILES string of the molecule is CCCCn1c(=O)n2nc(COc3ccc(-c4cccnc4)cc3)nc2c2[nH]c(Br)nc21.O=C(O)C(F)(F)F. The molecule has 39 heavy (non-hydrogen) atoms. The van der Waals surface area contributed by atoms with Gasteiger partial charge in [0.2, 0.25) is 0 Å². The number of fused-ring (bicyclic) bond motifs is 3. The Morgan fingerprint density at radius 3 is 2.46 bits per heavy atom. The van der Waals surface area contributed by atoms with E-state index in [1.165, 1.54) is 4.52 Å². The molecule has 0 bridgehead atoms. The second kappa shape index (κ2) is 11.6. The van der Waals surface area contributed by atoms with Gasteiger partial charge >= 0.3 is 17.8 Å². The van der Waals surface area contributed by atoms with Gasteiger partial charge in [-0.25, -0.2) is 19.6 Å². The number of carboxylic acids is 1. The fourth-order valence-electron chi connectivity index (χ4n) is 3.55. The first-order chi connectivity index (χ1) is 18.6. The van der Waals surface area contributed by atoms with Crippen LogP contribution in [0.15, 0.2) is 58.3 Å². The predicted octanol–water partition coefficient (Wildman–Crippen LogP) is 4.60. The van der Waals surface area contributed by atoms with Crippen LogP contribution in [0.25, 0.3) is 27.9 Å². The van der Waals surface area contributed by atoms with Gasteiger partial charge in [0.25, 0.3) is 0 Å². The van der Waals surface area contributed by atoms with Gasteiger partial charge in [-0.15, -0.1) is 5.10 Å². The fourth-order valence-corrected chi connectivity index (χ4v) is 3.91. The zero-order chi connectivity index (χ0) is 28.2. The number of H-pyrrole nitrogens is 1. The molecule has 0 amide bonds. The number of imidazole rings is 1. The first-order valence-corrected chi connectivity index (χ1v) is 12.3. The van der Waals surface area contributed by atoms with Crippen molar-refractivity contribution in [3.63, 3.8) is 0 Å². The number of nitrogens with one attached hydrogen (secondary N) is 1. The van der Waals surface area contributed by atoms with Crippen LogP contribution in [-0.2, 0) is 17.9 Å². The average Bonchev–Trinajstić information content (AvgIpc) is 3.52. The summed E-state index contributed by atoms with van der Waals surface area (Å²) < 4.78 is 41.1. The summed E-state index contributed by atoms with van der Waals surface area (Å²) in [6.07, 6.45) is 0.313. The number of aryl methyl sites for hydroxylation is 1. The summed E-state index contributed by atoms with van der Waals surface area (Å²) in [5.74, 6) is -1.66. The molecule has 0 saturated carbocycles. The molecule has 0 unspecified atom stereocenters. The number of hydrogen-bond acceptors (Lipinski definition) is 7. The highest BCUT2D eigenvalue weighted by Gasteiger charge is 2.38. The zero-order valence-corrected chi connectivity index (χ0v) is 21.9. The summed E-state index contributed by atoms with van der Waals surface area (Å²) >= 11 is 3.36. The van der Waals surface area contributed by atoms with Gasteiger partial charge in [0.1, 0.15) is 17.9 Å². The number of benzene rings is 1. The zero-order valence-electron chi connectivity index (χ0n) is 20.3. The summed E-state index contributed by atoms with van der Waals surface area (Å²) in [6, 6.07) is 11.6. The number of pyridine rings is 1. The minimum atomic E-state index is -5.08. The number of carboxylic acid groups (broad SMARTS) is 1. The van der Waals surface area contributed by atoms with Gasteiger partial charge in [-0.1, -0.05) is 31.5 Å². The number of alkyl halides is 3. The van der Waals surface area contributed by atoms with Crippen molar-refractivity contribution in [2.75, 3.05) is 0 Å². The standard InChI is InChI=1S/C22H20BrN7O2.C2HF3O2/c1-2-3-11-29-19-18(26-21(23)27-19)20-25-17(28-30(20)22(29)31)13-32-16-8-6-14(7-9-16)15-5-4-10-24-12-15;3-2(4,5)1(6)7/h4-10,12H,2-3,11,13H2,1H3,(H,26,27);(H,6,7). The van der Waals surface area contributed by atoms with E-state index in [1.54, 1.807) is 10.8 Å². The molecule has 4 aromatic heterocycles. The van der Waals surface area contributed by atoms with Crippen LogP contribution in [0.4, 0.5) is 13.2 Å². The van der Waals surface area contributed by atoms with Crippen molar-refractivity contribution >= 4 is 38.7 Å². The van der Waals surface area contributed by atoms with Gasteiger partial charge in [-0.2, -0.15) is 17.7 Å². The third-order valence-corrected chi connectivity index (χ3v) is 5.77. The number of nitrogens with zero attached hydrogens (tertiary/aromatic N) is 6. The molecule has 0 radical (unpaired) electrons. The second-order valence-corrected chi connectivity index (χ2v) is 8.89. The van der Waals surface area contributed by atoms with Gasteiger partial charge in [0, 0.05) is 18.9 Å². The van der Waals surface area contributed by atoms with E-state index in [2.05, 4.69) is 47.9 Å². The smallest absolute Gasteiger partial charge is 0.486 e. The van der Waals surface area contributed by atoms with Crippen LogP contribution in [0, 0.1) is 0 Å². The van der Waals surface area contributed by atoms with Crippen molar-refractivity contribution in [3.05, 3.63) is 69.8 Å². The lowest BCUT2D eigenvalue weighted by Gasteiger charge is -2.05.